The van der Waals surface area contributed by atoms with Gasteiger partial charge in [0, 0.05) is 17.1 Å². The lowest BCUT2D eigenvalue weighted by Crippen LogP contribution is -2.12. The van der Waals surface area contributed by atoms with Crippen molar-refractivity contribution in [3.63, 3.8) is 0 Å². The number of rotatable bonds is 3. The molecule has 14 heavy (non-hydrogen) atoms. The smallest absolute Gasteiger partial charge is 0.0940 e. The maximum Gasteiger partial charge on any atom is 0.0940 e. The van der Waals surface area contributed by atoms with Crippen molar-refractivity contribution >= 4 is 23.1 Å². The third kappa shape index (κ3) is 2.72. The molecule has 4 heteroatoms. The first-order chi connectivity index (χ1) is 6.88. The maximum atomic E-state index is 8.90. The Bertz CT molecular complexity index is 281. The van der Waals surface area contributed by atoms with E-state index >= 15 is 0 Å². The van der Waals surface area contributed by atoms with E-state index in [2.05, 4.69) is 16.7 Å². The van der Waals surface area contributed by atoms with E-state index in [0.29, 0.717) is 0 Å². The Balaban J connectivity index is 1.89. The quantitative estimate of drug-likeness (QED) is 0.864. The summed E-state index contributed by atoms with van der Waals surface area (Å²) in [7, 11) is 0. The van der Waals surface area contributed by atoms with Crippen LogP contribution in [0.3, 0.4) is 0 Å². The molecule has 0 aromatic carbocycles. The van der Waals surface area contributed by atoms with Gasteiger partial charge in [-0.3, -0.25) is 0 Å². The minimum absolute atomic E-state index is 0.0777. The van der Waals surface area contributed by atoms with Crippen molar-refractivity contribution in [1.82, 2.24) is 4.98 Å². The second-order valence-corrected chi connectivity index (χ2v) is 5.93. The van der Waals surface area contributed by atoms with Crippen molar-refractivity contribution < 1.29 is 5.11 Å². The fourth-order valence-corrected chi connectivity index (χ4v) is 3.96. The van der Waals surface area contributed by atoms with Crippen LogP contribution in [0.25, 0.3) is 0 Å². The highest BCUT2D eigenvalue weighted by Gasteiger charge is 2.15. The zero-order valence-electron chi connectivity index (χ0n) is 8.11. The number of aliphatic hydroxyl groups is 1. The van der Waals surface area contributed by atoms with Crippen LogP contribution in [0.15, 0.2) is 5.38 Å². The Morgan fingerprint density at radius 2 is 2.43 bits per heavy atom. The van der Waals surface area contributed by atoms with Gasteiger partial charge in [-0.25, -0.2) is 4.98 Å². The van der Waals surface area contributed by atoms with E-state index in [4.69, 9.17) is 5.11 Å². The number of hydrogen-bond acceptors (Lipinski definition) is 4. The Hall–Kier alpha value is -0.0600. The summed E-state index contributed by atoms with van der Waals surface area (Å²) in [5, 5.41) is 12.8. The van der Waals surface area contributed by atoms with Gasteiger partial charge in [0.05, 0.1) is 17.3 Å². The van der Waals surface area contributed by atoms with Gasteiger partial charge in [-0.2, -0.15) is 11.8 Å². The number of thioether (sulfide) groups is 1. The average molecular weight is 229 g/mol. The van der Waals surface area contributed by atoms with Gasteiger partial charge in [-0.05, 0) is 18.6 Å². The zero-order chi connectivity index (χ0) is 9.80. The second kappa shape index (κ2) is 5.14. The van der Waals surface area contributed by atoms with Crippen molar-refractivity contribution in [2.75, 3.05) is 5.75 Å². The van der Waals surface area contributed by atoms with Gasteiger partial charge in [0.1, 0.15) is 0 Å². The molecule has 1 aromatic rings. The molecule has 0 saturated carbocycles. The van der Waals surface area contributed by atoms with Gasteiger partial charge in [-0.1, -0.05) is 6.42 Å². The monoisotopic (exact) mass is 229 g/mol. The van der Waals surface area contributed by atoms with Crippen molar-refractivity contribution in [2.45, 2.75) is 37.5 Å². The molecule has 0 spiro atoms. The molecule has 2 rings (SSSR count). The molecule has 1 aliphatic heterocycles. The lowest BCUT2D eigenvalue weighted by molar-refractivity contribution is 0.277. The molecule has 0 radical (unpaired) electrons. The molecule has 1 unspecified atom stereocenters. The summed E-state index contributed by atoms with van der Waals surface area (Å²) in [6.07, 6.45) is 5.17. The third-order valence-corrected chi connectivity index (χ3v) is 4.76. The van der Waals surface area contributed by atoms with Gasteiger partial charge >= 0.3 is 0 Å². The topological polar surface area (TPSA) is 33.1 Å². The van der Waals surface area contributed by atoms with E-state index in [9.17, 15) is 0 Å². The van der Waals surface area contributed by atoms with Gasteiger partial charge in [0.15, 0.2) is 0 Å². The molecule has 1 saturated heterocycles. The summed E-state index contributed by atoms with van der Waals surface area (Å²) in [6.45, 7) is 0.0777. The number of aliphatic hydroxyl groups excluding tert-OH is 1. The summed E-state index contributed by atoms with van der Waals surface area (Å²) in [5.41, 5.74) is 0.825. The minimum atomic E-state index is 0.0777. The minimum Gasteiger partial charge on any atom is -0.390 e. The fourth-order valence-electron chi connectivity index (χ4n) is 1.68. The normalized spacial score (nSPS) is 22.5. The van der Waals surface area contributed by atoms with E-state index in [1.54, 1.807) is 11.3 Å². The average Bonchev–Trinajstić information content (AvgIpc) is 2.67. The first kappa shape index (κ1) is 10.5. The van der Waals surface area contributed by atoms with Crippen LogP contribution in [0, 0.1) is 0 Å². The molecular formula is C10H15NOS2. The van der Waals surface area contributed by atoms with Gasteiger partial charge in [-0.15, -0.1) is 11.3 Å². The predicted octanol–water partition coefficient (Wildman–Crippen LogP) is 2.46. The lowest BCUT2D eigenvalue weighted by atomic mass is 10.1. The Morgan fingerprint density at radius 3 is 3.07 bits per heavy atom. The summed E-state index contributed by atoms with van der Waals surface area (Å²) in [5.74, 6) is 1.31. The van der Waals surface area contributed by atoms with Gasteiger partial charge in [0.25, 0.3) is 0 Å². The standard InChI is InChI=1S/C10H15NOS2/c12-6-8-7-14-10(11-8)5-9-3-1-2-4-13-9/h7,9,12H,1-6H2. The number of nitrogens with zero attached hydrogens (tertiary/aromatic N) is 1. The first-order valence-electron chi connectivity index (χ1n) is 5.04. The molecule has 0 aliphatic carbocycles. The Labute approximate surface area is 92.8 Å². The SMILES string of the molecule is OCc1csc(CC2CCCCS2)n1. The molecule has 1 N–H and O–H groups in total. The molecule has 78 valence electrons. The molecule has 1 aromatic heterocycles. The van der Waals surface area contributed by atoms with Crippen molar-refractivity contribution in [3.05, 3.63) is 16.1 Å². The molecule has 1 atom stereocenters. The van der Waals surface area contributed by atoms with Crippen LogP contribution in [0.5, 0.6) is 0 Å². The number of thiazole rings is 1. The third-order valence-electron chi connectivity index (χ3n) is 2.44. The Kier molecular flexibility index (Phi) is 3.84. The summed E-state index contributed by atoms with van der Waals surface area (Å²) in [6, 6.07) is 0. The lowest BCUT2D eigenvalue weighted by Gasteiger charge is -2.19. The van der Waals surface area contributed by atoms with Crippen molar-refractivity contribution in [2.24, 2.45) is 0 Å². The van der Waals surface area contributed by atoms with E-state index in [1.807, 2.05) is 5.38 Å². The molecule has 2 nitrogen and oxygen atoms in total. The fraction of sp³-hybridized carbons (Fsp3) is 0.700. The molecule has 1 aliphatic rings. The van der Waals surface area contributed by atoms with Crippen molar-refractivity contribution in [1.29, 1.82) is 0 Å². The van der Waals surface area contributed by atoms with Crippen molar-refractivity contribution in [3.8, 4) is 0 Å². The number of aromatic nitrogens is 1. The Morgan fingerprint density at radius 1 is 1.50 bits per heavy atom. The highest BCUT2D eigenvalue weighted by Crippen LogP contribution is 2.28. The van der Waals surface area contributed by atoms with E-state index in [0.717, 1.165) is 17.4 Å². The highest BCUT2D eigenvalue weighted by molar-refractivity contribution is 7.99. The van der Waals surface area contributed by atoms with Crippen LogP contribution in [-0.2, 0) is 13.0 Å². The van der Waals surface area contributed by atoms with Gasteiger partial charge < -0.3 is 5.11 Å². The molecule has 0 bridgehead atoms. The van der Waals surface area contributed by atoms with Gasteiger partial charge in [0.2, 0.25) is 0 Å². The van der Waals surface area contributed by atoms with E-state index in [-0.39, 0.29) is 6.61 Å². The molecular weight excluding hydrogens is 214 g/mol. The van der Waals surface area contributed by atoms with Crippen LogP contribution in [0.2, 0.25) is 0 Å². The van der Waals surface area contributed by atoms with Crippen LogP contribution in [0.1, 0.15) is 30.0 Å². The van der Waals surface area contributed by atoms with Crippen LogP contribution in [0.4, 0.5) is 0 Å². The summed E-state index contributed by atoms with van der Waals surface area (Å²) >= 11 is 3.76. The first-order valence-corrected chi connectivity index (χ1v) is 6.97. The second-order valence-electron chi connectivity index (χ2n) is 3.58. The van der Waals surface area contributed by atoms with Crippen LogP contribution in [-0.4, -0.2) is 21.1 Å². The summed E-state index contributed by atoms with van der Waals surface area (Å²) < 4.78 is 0. The van der Waals surface area contributed by atoms with Crippen LogP contribution < -0.4 is 0 Å². The molecule has 0 amide bonds. The maximum absolute atomic E-state index is 8.90. The largest absolute Gasteiger partial charge is 0.390 e. The van der Waals surface area contributed by atoms with E-state index in [1.165, 1.54) is 30.0 Å². The zero-order valence-corrected chi connectivity index (χ0v) is 9.74. The molecule has 1 fully saturated rings. The highest BCUT2D eigenvalue weighted by atomic mass is 32.2. The molecule has 2 heterocycles. The van der Waals surface area contributed by atoms with Crippen LogP contribution >= 0.6 is 23.1 Å². The predicted molar refractivity (Wildman–Crippen MR) is 61.8 cm³/mol. The van der Waals surface area contributed by atoms with E-state index < -0.39 is 0 Å². The summed E-state index contributed by atoms with van der Waals surface area (Å²) in [4.78, 5) is 4.38. The number of hydrogen-bond donors (Lipinski definition) is 1.